The number of anilines is 2. The van der Waals surface area contributed by atoms with Gasteiger partial charge in [-0.2, -0.15) is 0 Å². The first-order chi connectivity index (χ1) is 22.0. The quantitative estimate of drug-likeness (QED) is 0.0524. The van der Waals surface area contributed by atoms with Gasteiger partial charge in [0.05, 0.1) is 0 Å². The van der Waals surface area contributed by atoms with E-state index < -0.39 is 26.3 Å². The van der Waals surface area contributed by atoms with Gasteiger partial charge in [-0.15, -0.1) is 0 Å². The van der Waals surface area contributed by atoms with Crippen LogP contribution in [0.25, 0.3) is 0 Å². The van der Waals surface area contributed by atoms with Crippen molar-refractivity contribution < 1.29 is 28.5 Å². The Morgan fingerprint density at radius 3 is 1.24 bits per heavy atom. The van der Waals surface area contributed by atoms with Crippen LogP contribution in [0.1, 0.15) is 35.5 Å². The second-order valence-corrected chi connectivity index (χ2v) is 17.6. The van der Waals surface area contributed by atoms with Crippen molar-refractivity contribution in [3.05, 3.63) is 120 Å². The van der Waals surface area contributed by atoms with Gasteiger partial charge < -0.3 is 31.9 Å². The van der Waals surface area contributed by atoms with Gasteiger partial charge >= 0.3 is 0 Å². The largest absolute Gasteiger partial charge is 0.340 e. The Kier molecular flexibility index (Phi) is 12.9. The predicted octanol–water partition coefficient (Wildman–Crippen LogP) is 5.53. The van der Waals surface area contributed by atoms with Gasteiger partial charge in [0.15, 0.2) is 0 Å². The summed E-state index contributed by atoms with van der Waals surface area (Å²) in [6.45, 7) is 0. The molecule has 0 aliphatic heterocycles. The lowest BCUT2D eigenvalue weighted by Crippen LogP contribution is -2.18. The maximum Gasteiger partial charge on any atom is 0.250 e. The van der Waals surface area contributed by atoms with E-state index >= 15 is 0 Å². The molecule has 0 aliphatic rings. The van der Waals surface area contributed by atoms with Crippen LogP contribution in [0.3, 0.4) is 0 Å². The number of benzene rings is 4. The van der Waals surface area contributed by atoms with Gasteiger partial charge in [0.1, 0.15) is 11.6 Å². The molecule has 4 atom stereocenters. The number of nitrogens with two attached hydrogens (primary N) is 2. The second-order valence-electron chi connectivity index (χ2n) is 10.3. The number of carbonyl (C=O) groups is 2. The second kappa shape index (κ2) is 16.6. The minimum absolute atomic E-state index is 0.176. The first-order valence-corrected chi connectivity index (χ1v) is 20.2. The van der Waals surface area contributed by atoms with Crippen molar-refractivity contribution in [1.29, 1.82) is 0 Å². The van der Waals surface area contributed by atoms with E-state index in [2.05, 4.69) is 10.6 Å². The minimum Gasteiger partial charge on any atom is -0.340 e. The van der Waals surface area contributed by atoms with Crippen LogP contribution in [-0.4, -0.2) is 33.1 Å². The maximum atomic E-state index is 12.9. The normalized spacial score (nSPS) is 15.1. The van der Waals surface area contributed by atoms with E-state index in [1.54, 1.807) is 109 Å². The third kappa shape index (κ3) is 9.67. The molecule has 4 unspecified atom stereocenters. The fraction of sp³-hybridized carbons (Fsp3) is 0.188. The topological polar surface area (TPSA) is 185 Å². The highest BCUT2D eigenvalue weighted by Gasteiger charge is 2.32. The summed E-state index contributed by atoms with van der Waals surface area (Å²) < 4.78 is 25.8. The van der Waals surface area contributed by atoms with Crippen molar-refractivity contribution in [3.8, 4) is 0 Å². The van der Waals surface area contributed by atoms with E-state index in [1.165, 1.54) is 21.6 Å². The Morgan fingerprint density at radius 1 is 0.587 bits per heavy atom. The van der Waals surface area contributed by atoms with Gasteiger partial charge in [0.25, 0.3) is 0 Å². The third-order valence-corrected chi connectivity index (χ3v) is 13.6. The molecule has 0 aromatic heterocycles. The molecule has 0 saturated heterocycles. The summed E-state index contributed by atoms with van der Waals surface area (Å²) in [7, 11) is -4.68. The molecular weight excluding hydrogens is 662 g/mol. The molecule has 0 aliphatic carbocycles. The molecular formula is C32H36N4O6P2S2. The zero-order valence-electron chi connectivity index (χ0n) is 24.8. The van der Waals surface area contributed by atoms with Crippen LogP contribution < -0.4 is 32.7 Å². The Bertz CT molecular complexity index is 1570. The van der Waals surface area contributed by atoms with Gasteiger partial charge in [0, 0.05) is 46.3 Å². The SMILES string of the molecule is NC(c1ccc(NC(=O)CCSSCCC(=O)Nc2ccc(C(N)P(=O)(O)c3ccccc3)cc2)cc1)P(=O)(O)c1ccccc1. The lowest BCUT2D eigenvalue weighted by atomic mass is 10.2. The Labute approximate surface area is 276 Å². The summed E-state index contributed by atoms with van der Waals surface area (Å²) in [5.41, 5.74) is 14.3. The molecule has 10 nitrogen and oxygen atoms in total. The molecule has 242 valence electrons. The number of hydrogen-bond acceptors (Lipinski definition) is 8. The van der Waals surface area contributed by atoms with Gasteiger partial charge in [-0.05, 0) is 59.7 Å². The van der Waals surface area contributed by atoms with Crippen molar-refractivity contribution >= 4 is 70.1 Å². The number of nitrogens with one attached hydrogen (secondary N) is 2. The van der Waals surface area contributed by atoms with Gasteiger partial charge in [-0.25, -0.2) is 0 Å². The summed E-state index contributed by atoms with van der Waals surface area (Å²) in [5, 5.41) is 6.18. The number of amides is 2. The standard InChI is InChI=1S/C32H36N4O6P2S2/c33-31(43(39,40)27-7-3-1-4-8-27)23-11-15-25(16-12-23)35-29(37)19-21-45-46-22-20-30(38)36-26-17-13-24(14-18-26)32(34)44(41,42)28-9-5-2-6-10-28/h1-18,31-32H,19-22,33-34H2,(H,35,37)(H,36,38)(H,39,40)(H,41,42). The maximum absolute atomic E-state index is 12.9. The van der Waals surface area contributed by atoms with Gasteiger partial charge in [0.2, 0.25) is 26.6 Å². The first kappa shape index (κ1) is 35.7. The molecule has 0 bridgehead atoms. The molecule has 4 rings (SSSR count). The third-order valence-electron chi connectivity index (χ3n) is 6.99. The van der Waals surface area contributed by atoms with E-state index in [-0.39, 0.29) is 35.3 Å². The highest BCUT2D eigenvalue weighted by Crippen LogP contribution is 2.52. The summed E-state index contributed by atoms with van der Waals surface area (Å²) >= 11 is 0. The van der Waals surface area contributed by atoms with Crippen LogP contribution in [0.2, 0.25) is 0 Å². The summed E-state index contributed by atoms with van der Waals surface area (Å²) in [6.07, 6.45) is 0.537. The number of carbonyl (C=O) groups excluding carboxylic acids is 2. The number of rotatable bonds is 15. The number of hydrogen-bond donors (Lipinski definition) is 6. The van der Waals surface area contributed by atoms with E-state index in [9.17, 15) is 28.5 Å². The van der Waals surface area contributed by atoms with E-state index in [1.807, 2.05) is 0 Å². The van der Waals surface area contributed by atoms with Crippen LogP contribution in [0.15, 0.2) is 109 Å². The molecule has 0 fully saturated rings. The molecule has 0 saturated carbocycles. The summed E-state index contributed by atoms with van der Waals surface area (Å²) in [4.78, 5) is 45.9. The highest BCUT2D eigenvalue weighted by atomic mass is 33.1. The van der Waals surface area contributed by atoms with Crippen molar-refractivity contribution in [2.45, 2.75) is 24.4 Å². The highest BCUT2D eigenvalue weighted by molar-refractivity contribution is 8.76. The van der Waals surface area contributed by atoms with Crippen LogP contribution in [-0.2, 0) is 18.7 Å². The minimum atomic E-state index is -3.83. The first-order valence-electron chi connectivity index (χ1n) is 14.3. The summed E-state index contributed by atoms with van der Waals surface area (Å²) in [6, 6.07) is 29.7. The van der Waals surface area contributed by atoms with Crippen LogP contribution >= 0.6 is 36.3 Å². The van der Waals surface area contributed by atoms with Crippen molar-refractivity contribution in [2.24, 2.45) is 11.5 Å². The molecule has 2 amide bonds. The van der Waals surface area contributed by atoms with Crippen molar-refractivity contribution in [3.63, 3.8) is 0 Å². The lowest BCUT2D eigenvalue weighted by Gasteiger charge is -2.20. The summed E-state index contributed by atoms with van der Waals surface area (Å²) in [5.74, 6) is -1.44. The van der Waals surface area contributed by atoms with Crippen molar-refractivity contribution in [2.75, 3.05) is 22.1 Å². The van der Waals surface area contributed by atoms with E-state index in [0.29, 0.717) is 34.0 Å². The molecule has 0 radical (unpaired) electrons. The average Bonchev–Trinajstić information content (AvgIpc) is 3.07. The Balaban J connectivity index is 1.12. The molecule has 8 N–H and O–H groups in total. The Morgan fingerprint density at radius 2 is 0.913 bits per heavy atom. The van der Waals surface area contributed by atoms with E-state index in [0.717, 1.165) is 0 Å². The molecule has 4 aromatic rings. The van der Waals surface area contributed by atoms with Gasteiger partial charge in [-0.3, -0.25) is 18.7 Å². The average molecular weight is 699 g/mol. The molecule has 0 heterocycles. The smallest absolute Gasteiger partial charge is 0.250 e. The monoisotopic (exact) mass is 698 g/mol. The fourth-order valence-electron chi connectivity index (χ4n) is 4.37. The van der Waals surface area contributed by atoms with E-state index in [4.69, 9.17) is 11.5 Å². The molecule has 4 aromatic carbocycles. The van der Waals surface area contributed by atoms with Gasteiger partial charge in [-0.1, -0.05) is 82.3 Å². The van der Waals surface area contributed by atoms with Crippen molar-refractivity contribution in [1.82, 2.24) is 0 Å². The Hall–Kier alpha value is -3.18. The fourth-order valence-corrected chi connectivity index (χ4v) is 9.34. The van der Waals surface area contributed by atoms with Crippen LogP contribution in [0.5, 0.6) is 0 Å². The molecule has 14 heteroatoms. The van der Waals surface area contributed by atoms with Crippen LogP contribution in [0.4, 0.5) is 11.4 Å². The predicted molar refractivity (Wildman–Crippen MR) is 190 cm³/mol. The lowest BCUT2D eigenvalue weighted by molar-refractivity contribution is -0.116. The zero-order chi connectivity index (χ0) is 33.2. The van der Waals surface area contributed by atoms with Crippen LogP contribution in [0, 0.1) is 0 Å². The zero-order valence-corrected chi connectivity index (χ0v) is 28.2. The molecule has 46 heavy (non-hydrogen) atoms. The molecule has 0 spiro atoms.